The van der Waals surface area contributed by atoms with E-state index >= 15 is 0 Å². The lowest BCUT2D eigenvalue weighted by Gasteiger charge is -2.45. The van der Waals surface area contributed by atoms with Gasteiger partial charge in [0.1, 0.15) is 0 Å². The summed E-state index contributed by atoms with van der Waals surface area (Å²) < 4.78 is 11.5. The fourth-order valence-electron chi connectivity index (χ4n) is 3.46. The van der Waals surface area contributed by atoms with E-state index in [1.54, 1.807) is 0 Å². The van der Waals surface area contributed by atoms with Crippen LogP contribution in [0.15, 0.2) is 0 Å². The zero-order valence-electron chi connectivity index (χ0n) is 9.85. The summed E-state index contributed by atoms with van der Waals surface area (Å²) in [5.41, 5.74) is 0. The molecule has 0 amide bonds. The van der Waals surface area contributed by atoms with E-state index in [9.17, 15) is 4.79 Å². The van der Waals surface area contributed by atoms with Crippen LogP contribution in [0.4, 0.5) is 0 Å². The van der Waals surface area contributed by atoms with E-state index in [4.69, 9.17) is 14.6 Å². The van der Waals surface area contributed by atoms with Crippen molar-refractivity contribution in [2.45, 2.75) is 37.5 Å². The summed E-state index contributed by atoms with van der Waals surface area (Å²) in [5.74, 6) is -0.975. The Balaban J connectivity index is 1.68. The molecule has 0 aromatic rings. The van der Waals surface area contributed by atoms with Gasteiger partial charge in [-0.15, -0.1) is 0 Å². The molecular weight excluding hydrogens is 222 g/mol. The zero-order chi connectivity index (χ0) is 11.9. The van der Waals surface area contributed by atoms with Crippen LogP contribution in [0.5, 0.6) is 0 Å². The van der Waals surface area contributed by atoms with Gasteiger partial charge in [-0.25, -0.2) is 0 Å². The summed E-state index contributed by atoms with van der Waals surface area (Å²) in [6, 6.07) is 0.448. The van der Waals surface area contributed by atoms with Gasteiger partial charge in [0.05, 0.1) is 19.1 Å². The van der Waals surface area contributed by atoms with Gasteiger partial charge >= 0.3 is 5.97 Å². The number of fused-ring (bicyclic) bond motifs is 1. The molecule has 0 aromatic carbocycles. The average molecular weight is 241 g/mol. The second kappa shape index (κ2) is 4.23. The normalized spacial score (nSPS) is 40.1. The van der Waals surface area contributed by atoms with Crippen LogP contribution in [0.25, 0.3) is 0 Å². The van der Waals surface area contributed by atoms with Crippen LogP contribution in [-0.2, 0) is 14.3 Å². The third-order valence-electron chi connectivity index (χ3n) is 4.35. The molecule has 1 saturated carbocycles. The van der Waals surface area contributed by atoms with Crippen LogP contribution in [0.2, 0.25) is 0 Å². The Bertz CT molecular complexity index is 314. The predicted molar refractivity (Wildman–Crippen MR) is 59.5 cm³/mol. The summed E-state index contributed by atoms with van der Waals surface area (Å²) >= 11 is 0. The third-order valence-corrected chi connectivity index (χ3v) is 4.35. The number of carbonyl (C=O) groups is 1. The Morgan fingerprint density at radius 3 is 2.82 bits per heavy atom. The summed E-state index contributed by atoms with van der Waals surface area (Å²) in [6.45, 7) is 1.95. The second-order valence-corrected chi connectivity index (χ2v) is 5.40. The molecule has 2 aliphatic heterocycles. The van der Waals surface area contributed by atoms with E-state index in [1.807, 2.05) is 0 Å². The SMILES string of the molecule is O=C(O)C1CNC2CCC3(CC2C1)OCCO3. The lowest BCUT2D eigenvalue weighted by Crippen LogP contribution is -2.54. The van der Waals surface area contributed by atoms with Gasteiger partial charge in [0.15, 0.2) is 5.79 Å². The van der Waals surface area contributed by atoms with Crippen LogP contribution in [0, 0.1) is 11.8 Å². The number of ether oxygens (including phenoxy) is 2. The fraction of sp³-hybridized carbons (Fsp3) is 0.917. The molecule has 2 N–H and O–H groups in total. The maximum absolute atomic E-state index is 11.0. The van der Waals surface area contributed by atoms with Crippen molar-refractivity contribution in [3.05, 3.63) is 0 Å². The highest BCUT2D eigenvalue weighted by Crippen LogP contribution is 2.42. The number of aliphatic carboxylic acids is 1. The van der Waals surface area contributed by atoms with Crippen LogP contribution in [-0.4, -0.2) is 42.7 Å². The fourth-order valence-corrected chi connectivity index (χ4v) is 3.46. The highest BCUT2D eigenvalue weighted by Gasteiger charge is 2.47. The van der Waals surface area contributed by atoms with Crippen molar-refractivity contribution in [2.24, 2.45) is 11.8 Å². The van der Waals surface area contributed by atoms with Crippen molar-refractivity contribution in [2.75, 3.05) is 19.8 Å². The van der Waals surface area contributed by atoms with Crippen LogP contribution in [0.3, 0.4) is 0 Å². The Labute approximate surface area is 100 Å². The predicted octanol–water partition coefficient (Wildman–Crippen LogP) is 0.592. The summed E-state index contributed by atoms with van der Waals surface area (Å²) in [4.78, 5) is 11.0. The second-order valence-electron chi connectivity index (χ2n) is 5.40. The lowest BCUT2D eigenvalue weighted by atomic mass is 9.73. The minimum atomic E-state index is -0.691. The Morgan fingerprint density at radius 2 is 2.12 bits per heavy atom. The van der Waals surface area contributed by atoms with Crippen molar-refractivity contribution in [3.63, 3.8) is 0 Å². The van der Waals surface area contributed by atoms with Gasteiger partial charge < -0.3 is 19.9 Å². The Morgan fingerprint density at radius 1 is 1.35 bits per heavy atom. The molecule has 3 atom stereocenters. The van der Waals surface area contributed by atoms with Gasteiger partial charge in [-0.2, -0.15) is 0 Å². The van der Waals surface area contributed by atoms with Gasteiger partial charge in [0.2, 0.25) is 0 Å². The van der Waals surface area contributed by atoms with Crippen molar-refractivity contribution in [1.82, 2.24) is 5.32 Å². The minimum absolute atomic E-state index is 0.257. The highest BCUT2D eigenvalue weighted by molar-refractivity contribution is 5.70. The molecule has 0 bridgehead atoms. The summed E-state index contributed by atoms with van der Waals surface area (Å²) in [6.07, 6.45) is 3.55. The molecule has 0 radical (unpaired) electrons. The number of carboxylic acids is 1. The zero-order valence-corrected chi connectivity index (χ0v) is 9.85. The molecule has 17 heavy (non-hydrogen) atoms. The monoisotopic (exact) mass is 241 g/mol. The van der Waals surface area contributed by atoms with E-state index in [2.05, 4.69) is 5.32 Å². The molecule has 3 fully saturated rings. The van der Waals surface area contributed by atoms with Crippen LogP contribution in [0.1, 0.15) is 25.7 Å². The number of hydrogen-bond acceptors (Lipinski definition) is 4. The first-order chi connectivity index (χ1) is 8.19. The average Bonchev–Trinajstić information content (AvgIpc) is 2.76. The first-order valence-electron chi connectivity index (χ1n) is 6.43. The van der Waals surface area contributed by atoms with Gasteiger partial charge in [0.25, 0.3) is 0 Å². The first-order valence-corrected chi connectivity index (χ1v) is 6.43. The molecule has 1 aliphatic carbocycles. The Hall–Kier alpha value is -0.650. The van der Waals surface area contributed by atoms with Gasteiger partial charge in [-0.05, 0) is 18.8 Å². The molecule has 2 saturated heterocycles. The number of piperidine rings is 1. The highest BCUT2D eigenvalue weighted by atomic mass is 16.7. The molecule has 3 rings (SSSR count). The van der Waals surface area contributed by atoms with Crippen molar-refractivity contribution in [3.8, 4) is 0 Å². The number of hydrogen-bond donors (Lipinski definition) is 2. The van der Waals surface area contributed by atoms with Gasteiger partial charge in [-0.1, -0.05) is 0 Å². The summed E-state index contributed by atoms with van der Waals surface area (Å²) in [5, 5.41) is 12.4. The maximum Gasteiger partial charge on any atom is 0.307 e. The molecule has 3 aliphatic rings. The number of carboxylic acid groups (broad SMARTS) is 1. The van der Waals surface area contributed by atoms with E-state index in [0.717, 1.165) is 25.7 Å². The molecule has 0 aromatic heterocycles. The largest absolute Gasteiger partial charge is 0.481 e. The summed E-state index contributed by atoms with van der Waals surface area (Å²) in [7, 11) is 0. The molecule has 96 valence electrons. The van der Waals surface area contributed by atoms with Crippen molar-refractivity contribution in [1.29, 1.82) is 0 Å². The third kappa shape index (κ3) is 2.07. The Kier molecular flexibility index (Phi) is 2.84. The van der Waals surface area contributed by atoms with Crippen molar-refractivity contribution < 1.29 is 19.4 Å². The van der Waals surface area contributed by atoms with E-state index in [-0.39, 0.29) is 5.92 Å². The number of nitrogens with one attached hydrogen (secondary N) is 1. The van der Waals surface area contributed by atoms with Crippen LogP contribution < -0.4 is 5.32 Å². The van der Waals surface area contributed by atoms with Gasteiger partial charge in [-0.3, -0.25) is 4.79 Å². The van der Waals surface area contributed by atoms with Gasteiger partial charge in [0, 0.05) is 25.4 Å². The molecular formula is C12H19NO4. The quantitative estimate of drug-likeness (QED) is 0.703. The first kappa shape index (κ1) is 11.4. The molecule has 5 heteroatoms. The topological polar surface area (TPSA) is 67.8 Å². The van der Waals surface area contributed by atoms with E-state index < -0.39 is 11.8 Å². The number of rotatable bonds is 1. The van der Waals surface area contributed by atoms with E-state index in [1.165, 1.54) is 0 Å². The molecule has 2 heterocycles. The molecule has 1 spiro atoms. The van der Waals surface area contributed by atoms with Crippen molar-refractivity contribution >= 4 is 5.97 Å². The standard InChI is InChI=1S/C12H19NO4/c14-11(15)9-5-8-6-12(16-3-4-17-12)2-1-10(8)13-7-9/h8-10,13H,1-7H2,(H,14,15). The molecule has 5 nitrogen and oxygen atoms in total. The molecule has 3 unspecified atom stereocenters. The maximum atomic E-state index is 11.0. The van der Waals surface area contributed by atoms with Crippen LogP contribution >= 0.6 is 0 Å². The minimum Gasteiger partial charge on any atom is -0.481 e. The van der Waals surface area contributed by atoms with E-state index in [0.29, 0.717) is 31.7 Å². The lowest BCUT2D eigenvalue weighted by molar-refractivity contribution is -0.195. The smallest absolute Gasteiger partial charge is 0.307 e.